The molecule has 4 rings (SSSR count). The van der Waals surface area contributed by atoms with Crippen molar-refractivity contribution in [2.24, 2.45) is 5.14 Å². The SMILES string of the molecule is Cc1ccccc1-n1c(SCC(=O)Nc2ccc(S(N)(=O)=O)cc2)nnc1-c1cccnc1. The average molecular weight is 481 g/mol. The van der Waals surface area contributed by atoms with Gasteiger partial charge in [0, 0.05) is 23.6 Å². The fourth-order valence-corrected chi connectivity index (χ4v) is 4.39. The maximum Gasteiger partial charge on any atom is 0.238 e. The number of benzene rings is 2. The molecule has 0 fully saturated rings. The van der Waals surface area contributed by atoms with Gasteiger partial charge < -0.3 is 5.32 Å². The molecule has 0 unspecified atom stereocenters. The van der Waals surface area contributed by atoms with E-state index in [-0.39, 0.29) is 16.6 Å². The van der Waals surface area contributed by atoms with Crippen LogP contribution in [0.2, 0.25) is 0 Å². The topological polar surface area (TPSA) is 133 Å². The fraction of sp³-hybridized carbons (Fsp3) is 0.0909. The van der Waals surface area contributed by atoms with Crippen molar-refractivity contribution in [3.8, 4) is 17.1 Å². The van der Waals surface area contributed by atoms with Crippen LogP contribution in [-0.2, 0) is 14.8 Å². The van der Waals surface area contributed by atoms with Crippen LogP contribution in [0.1, 0.15) is 5.56 Å². The van der Waals surface area contributed by atoms with Crippen LogP contribution in [0.3, 0.4) is 0 Å². The number of hydrogen-bond acceptors (Lipinski definition) is 7. The van der Waals surface area contributed by atoms with E-state index in [1.165, 1.54) is 36.0 Å². The first kappa shape index (κ1) is 22.6. The zero-order chi connectivity index (χ0) is 23.4. The lowest BCUT2D eigenvalue weighted by Gasteiger charge is -2.12. The van der Waals surface area contributed by atoms with Gasteiger partial charge in [0.1, 0.15) is 0 Å². The molecule has 0 bridgehead atoms. The average Bonchev–Trinajstić information content (AvgIpc) is 3.22. The van der Waals surface area contributed by atoms with Gasteiger partial charge in [0.2, 0.25) is 15.9 Å². The molecular weight excluding hydrogens is 460 g/mol. The van der Waals surface area contributed by atoms with E-state index in [0.29, 0.717) is 16.7 Å². The minimum Gasteiger partial charge on any atom is -0.325 e. The molecule has 2 aromatic heterocycles. The van der Waals surface area contributed by atoms with Crippen molar-refractivity contribution in [3.05, 3.63) is 78.6 Å². The number of thioether (sulfide) groups is 1. The third-order valence-electron chi connectivity index (χ3n) is 4.71. The molecule has 11 heteroatoms. The molecule has 4 aromatic rings. The highest BCUT2D eigenvalue weighted by molar-refractivity contribution is 7.99. The van der Waals surface area contributed by atoms with Gasteiger partial charge in [-0.2, -0.15) is 0 Å². The van der Waals surface area contributed by atoms with Crippen LogP contribution < -0.4 is 10.5 Å². The largest absolute Gasteiger partial charge is 0.325 e. The number of aromatic nitrogens is 4. The smallest absolute Gasteiger partial charge is 0.238 e. The molecule has 2 heterocycles. The maximum absolute atomic E-state index is 12.5. The number of primary sulfonamides is 1. The minimum absolute atomic E-state index is 0.0239. The summed E-state index contributed by atoms with van der Waals surface area (Å²) in [6.07, 6.45) is 3.40. The lowest BCUT2D eigenvalue weighted by atomic mass is 10.2. The number of sulfonamides is 1. The van der Waals surface area contributed by atoms with Gasteiger partial charge in [-0.1, -0.05) is 30.0 Å². The van der Waals surface area contributed by atoms with E-state index >= 15 is 0 Å². The summed E-state index contributed by atoms with van der Waals surface area (Å²) in [5.74, 6) is 0.429. The van der Waals surface area contributed by atoms with Crippen molar-refractivity contribution in [2.75, 3.05) is 11.1 Å². The Morgan fingerprint density at radius 2 is 1.82 bits per heavy atom. The molecule has 0 saturated carbocycles. The molecule has 9 nitrogen and oxygen atoms in total. The van der Waals surface area contributed by atoms with E-state index < -0.39 is 10.0 Å². The summed E-state index contributed by atoms with van der Waals surface area (Å²) in [4.78, 5) is 16.7. The molecule has 0 radical (unpaired) electrons. The summed E-state index contributed by atoms with van der Waals surface area (Å²) in [5, 5.41) is 17.1. The summed E-state index contributed by atoms with van der Waals surface area (Å²) in [6, 6.07) is 17.2. The summed E-state index contributed by atoms with van der Waals surface area (Å²) < 4.78 is 24.7. The molecular formula is C22H20N6O3S2. The lowest BCUT2D eigenvalue weighted by molar-refractivity contribution is -0.113. The number of nitrogens with one attached hydrogen (secondary N) is 1. The van der Waals surface area contributed by atoms with Gasteiger partial charge >= 0.3 is 0 Å². The van der Waals surface area contributed by atoms with Crippen LogP contribution in [0, 0.1) is 6.92 Å². The number of rotatable bonds is 7. The Hall–Kier alpha value is -3.54. The number of anilines is 1. The third kappa shape index (κ3) is 5.28. The summed E-state index contributed by atoms with van der Waals surface area (Å²) in [6.45, 7) is 1.99. The highest BCUT2D eigenvalue weighted by Gasteiger charge is 2.18. The molecule has 0 aliphatic carbocycles. The molecule has 33 heavy (non-hydrogen) atoms. The molecule has 0 saturated heterocycles. The third-order valence-corrected chi connectivity index (χ3v) is 6.57. The Balaban J connectivity index is 1.55. The van der Waals surface area contributed by atoms with Crippen molar-refractivity contribution < 1.29 is 13.2 Å². The highest BCUT2D eigenvalue weighted by Crippen LogP contribution is 2.29. The number of carbonyl (C=O) groups is 1. The summed E-state index contributed by atoms with van der Waals surface area (Å²) in [5.41, 5.74) is 3.20. The molecule has 0 spiro atoms. The van der Waals surface area contributed by atoms with Crippen LogP contribution in [0.25, 0.3) is 17.1 Å². The summed E-state index contributed by atoms with van der Waals surface area (Å²) in [7, 11) is -3.79. The number of nitrogens with two attached hydrogens (primary N) is 1. The number of hydrogen-bond donors (Lipinski definition) is 2. The van der Waals surface area contributed by atoms with Crippen LogP contribution >= 0.6 is 11.8 Å². The van der Waals surface area contributed by atoms with E-state index in [1.807, 2.05) is 47.9 Å². The molecule has 0 atom stereocenters. The van der Waals surface area contributed by atoms with Crippen molar-refractivity contribution >= 4 is 33.4 Å². The first-order valence-corrected chi connectivity index (χ1v) is 12.3. The van der Waals surface area contributed by atoms with Crippen LogP contribution in [0.4, 0.5) is 5.69 Å². The van der Waals surface area contributed by atoms with Gasteiger partial charge in [0.25, 0.3) is 0 Å². The highest BCUT2D eigenvalue weighted by atomic mass is 32.2. The first-order valence-electron chi connectivity index (χ1n) is 9.80. The van der Waals surface area contributed by atoms with Gasteiger partial charge in [-0.25, -0.2) is 13.6 Å². The monoisotopic (exact) mass is 480 g/mol. The molecule has 1 amide bonds. The van der Waals surface area contributed by atoms with Gasteiger partial charge in [-0.05, 0) is 55.0 Å². The van der Waals surface area contributed by atoms with Crippen LogP contribution in [0.5, 0.6) is 0 Å². The van der Waals surface area contributed by atoms with Crippen molar-refractivity contribution in [3.63, 3.8) is 0 Å². The van der Waals surface area contributed by atoms with Gasteiger partial charge in [-0.15, -0.1) is 10.2 Å². The normalized spacial score (nSPS) is 11.3. The van der Waals surface area contributed by atoms with E-state index in [4.69, 9.17) is 5.14 Å². The number of amides is 1. The number of pyridine rings is 1. The van der Waals surface area contributed by atoms with E-state index in [0.717, 1.165) is 16.8 Å². The Kier molecular flexibility index (Phi) is 6.54. The second kappa shape index (κ2) is 9.53. The Morgan fingerprint density at radius 1 is 1.06 bits per heavy atom. The van der Waals surface area contributed by atoms with Crippen molar-refractivity contribution in [2.45, 2.75) is 17.0 Å². The zero-order valence-corrected chi connectivity index (χ0v) is 19.2. The zero-order valence-electron chi connectivity index (χ0n) is 17.5. The predicted molar refractivity (Wildman–Crippen MR) is 126 cm³/mol. The van der Waals surface area contributed by atoms with Gasteiger partial charge in [-0.3, -0.25) is 14.3 Å². The van der Waals surface area contributed by atoms with E-state index in [9.17, 15) is 13.2 Å². The van der Waals surface area contributed by atoms with E-state index in [1.54, 1.807) is 12.4 Å². The molecule has 168 valence electrons. The summed E-state index contributed by atoms with van der Waals surface area (Å²) >= 11 is 1.24. The standard InChI is InChI=1S/C22H20N6O3S2/c1-15-5-2-3-7-19(15)28-21(16-6-4-12-24-13-16)26-27-22(28)32-14-20(29)25-17-8-10-18(11-9-17)33(23,30)31/h2-13H,14H2,1H3,(H,25,29)(H2,23,30,31). The van der Waals surface area contributed by atoms with Crippen LogP contribution in [-0.4, -0.2) is 39.8 Å². The van der Waals surface area contributed by atoms with Crippen molar-refractivity contribution in [1.29, 1.82) is 0 Å². The van der Waals surface area contributed by atoms with Crippen LogP contribution in [0.15, 0.2) is 83.1 Å². The quantitative estimate of drug-likeness (QED) is 0.389. The predicted octanol–water partition coefficient (Wildman–Crippen LogP) is 3.02. The fourth-order valence-electron chi connectivity index (χ4n) is 3.13. The molecule has 0 aliphatic rings. The number of para-hydroxylation sites is 1. The van der Waals surface area contributed by atoms with Gasteiger partial charge in [0.15, 0.2) is 11.0 Å². The Bertz CT molecular complexity index is 1390. The number of nitrogens with zero attached hydrogens (tertiary/aromatic N) is 4. The number of aryl methyl sites for hydroxylation is 1. The first-order chi connectivity index (χ1) is 15.8. The minimum atomic E-state index is -3.79. The Morgan fingerprint density at radius 3 is 2.48 bits per heavy atom. The molecule has 0 aliphatic heterocycles. The lowest BCUT2D eigenvalue weighted by Crippen LogP contribution is -2.15. The van der Waals surface area contributed by atoms with Gasteiger partial charge in [0.05, 0.1) is 16.3 Å². The Labute approximate surface area is 195 Å². The second-order valence-electron chi connectivity index (χ2n) is 7.08. The second-order valence-corrected chi connectivity index (χ2v) is 9.58. The maximum atomic E-state index is 12.5. The van der Waals surface area contributed by atoms with E-state index in [2.05, 4.69) is 20.5 Å². The number of carbonyl (C=O) groups excluding carboxylic acids is 1. The van der Waals surface area contributed by atoms with Crippen molar-refractivity contribution in [1.82, 2.24) is 19.7 Å². The molecule has 3 N–H and O–H groups in total. The molecule has 2 aromatic carbocycles.